The lowest BCUT2D eigenvalue weighted by Crippen LogP contribution is -2.11. The number of carbonyl (C=O) groups excluding carboxylic acids is 1. The Morgan fingerprint density at radius 3 is 2.46 bits per heavy atom. The van der Waals surface area contributed by atoms with Crippen molar-refractivity contribution in [1.29, 1.82) is 0 Å². The van der Waals surface area contributed by atoms with Crippen LogP contribution in [0.15, 0.2) is 71.1 Å². The smallest absolute Gasteiger partial charge is 0.255 e. The number of amides is 1. The van der Waals surface area contributed by atoms with Gasteiger partial charge in [0.2, 0.25) is 0 Å². The summed E-state index contributed by atoms with van der Waals surface area (Å²) in [6, 6.07) is 21.3. The van der Waals surface area contributed by atoms with E-state index in [4.69, 9.17) is 4.42 Å². The molecule has 118 valence electrons. The van der Waals surface area contributed by atoms with Gasteiger partial charge in [0, 0.05) is 22.0 Å². The van der Waals surface area contributed by atoms with Gasteiger partial charge in [-0.3, -0.25) is 4.79 Å². The van der Waals surface area contributed by atoms with Crippen LogP contribution in [0.2, 0.25) is 0 Å². The van der Waals surface area contributed by atoms with Crippen molar-refractivity contribution in [2.24, 2.45) is 0 Å². The highest BCUT2D eigenvalue weighted by Crippen LogP contribution is 2.29. The molecule has 4 rings (SSSR count). The lowest BCUT2D eigenvalue weighted by atomic mass is 10.1. The number of anilines is 1. The molecule has 0 saturated carbocycles. The molecule has 4 aromatic rings. The summed E-state index contributed by atoms with van der Waals surface area (Å²) in [5.74, 6) is -0.119. The van der Waals surface area contributed by atoms with Crippen molar-refractivity contribution >= 4 is 33.5 Å². The highest BCUT2D eigenvalue weighted by Gasteiger charge is 2.11. The van der Waals surface area contributed by atoms with Gasteiger partial charge >= 0.3 is 0 Å². The zero-order valence-electron chi connectivity index (χ0n) is 13.4. The third kappa shape index (κ3) is 2.54. The third-order valence-corrected chi connectivity index (χ3v) is 4.26. The molecule has 0 aliphatic rings. The molecule has 1 heterocycles. The monoisotopic (exact) mass is 315 g/mol. The number of fused-ring (bicyclic) bond motifs is 3. The van der Waals surface area contributed by atoms with E-state index < -0.39 is 0 Å². The molecule has 3 nitrogen and oxygen atoms in total. The van der Waals surface area contributed by atoms with E-state index in [0.29, 0.717) is 5.56 Å². The highest BCUT2D eigenvalue weighted by molar-refractivity contribution is 6.10. The van der Waals surface area contributed by atoms with Gasteiger partial charge in [0.1, 0.15) is 11.2 Å². The van der Waals surface area contributed by atoms with E-state index in [1.165, 1.54) is 5.56 Å². The molecule has 0 aliphatic carbocycles. The summed E-state index contributed by atoms with van der Waals surface area (Å²) >= 11 is 0. The van der Waals surface area contributed by atoms with Gasteiger partial charge < -0.3 is 9.73 Å². The lowest BCUT2D eigenvalue weighted by molar-refractivity contribution is 0.102. The molecule has 0 aliphatic heterocycles. The van der Waals surface area contributed by atoms with E-state index in [2.05, 4.69) is 12.2 Å². The number of para-hydroxylation sites is 1. The predicted octanol–water partition coefficient (Wildman–Crippen LogP) is 5.40. The Hall–Kier alpha value is -3.07. The molecule has 3 heteroatoms. The molecular weight excluding hydrogens is 298 g/mol. The minimum Gasteiger partial charge on any atom is -0.456 e. The maximum atomic E-state index is 12.5. The molecule has 0 unspecified atom stereocenters. The number of furan rings is 1. The second-order valence-electron chi connectivity index (χ2n) is 5.81. The summed E-state index contributed by atoms with van der Waals surface area (Å²) in [6.07, 6.45) is 0.985. The van der Waals surface area contributed by atoms with Gasteiger partial charge in [-0.25, -0.2) is 0 Å². The van der Waals surface area contributed by atoms with E-state index in [0.717, 1.165) is 34.0 Å². The van der Waals surface area contributed by atoms with Crippen LogP contribution in [-0.2, 0) is 6.42 Å². The molecule has 0 saturated heterocycles. The van der Waals surface area contributed by atoms with Crippen molar-refractivity contribution in [3.63, 3.8) is 0 Å². The molecule has 1 aromatic heterocycles. The Bertz CT molecular complexity index is 1030. The SMILES string of the molecule is CCc1ccc(NC(=O)c2ccc3oc4ccccc4c3c2)cc1. The van der Waals surface area contributed by atoms with Crippen LogP contribution in [0.4, 0.5) is 5.69 Å². The minimum absolute atomic E-state index is 0.119. The standard InChI is InChI=1S/C21H17NO2/c1-2-14-7-10-16(11-8-14)22-21(23)15-9-12-20-18(13-15)17-5-3-4-6-19(17)24-20/h3-13H,2H2,1H3,(H,22,23). The topological polar surface area (TPSA) is 42.2 Å². The molecular formula is C21H17NO2. The van der Waals surface area contributed by atoms with Crippen molar-refractivity contribution < 1.29 is 9.21 Å². The van der Waals surface area contributed by atoms with Crippen LogP contribution in [0.5, 0.6) is 0 Å². The van der Waals surface area contributed by atoms with Gasteiger partial charge in [-0.2, -0.15) is 0 Å². The number of carbonyl (C=O) groups is 1. The van der Waals surface area contributed by atoms with Crippen LogP contribution >= 0.6 is 0 Å². The molecule has 0 bridgehead atoms. The average Bonchev–Trinajstić information content (AvgIpc) is 3.00. The fraction of sp³-hybridized carbons (Fsp3) is 0.0952. The number of nitrogens with one attached hydrogen (secondary N) is 1. The normalized spacial score (nSPS) is 11.0. The van der Waals surface area contributed by atoms with Crippen molar-refractivity contribution in [1.82, 2.24) is 0 Å². The van der Waals surface area contributed by atoms with Gasteiger partial charge in [-0.1, -0.05) is 37.3 Å². The zero-order valence-corrected chi connectivity index (χ0v) is 13.4. The summed E-state index contributed by atoms with van der Waals surface area (Å²) in [5, 5.41) is 4.93. The first-order valence-corrected chi connectivity index (χ1v) is 8.06. The van der Waals surface area contributed by atoms with Crippen LogP contribution in [0.25, 0.3) is 21.9 Å². The summed E-state index contributed by atoms with van der Waals surface area (Å²) in [6.45, 7) is 2.11. The van der Waals surface area contributed by atoms with Crippen LogP contribution in [-0.4, -0.2) is 5.91 Å². The Kier molecular flexibility index (Phi) is 3.54. The van der Waals surface area contributed by atoms with E-state index >= 15 is 0 Å². The van der Waals surface area contributed by atoms with Crippen LogP contribution in [0.3, 0.4) is 0 Å². The van der Waals surface area contributed by atoms with Gasteiger partial charge in [0.25, 0.3) is 5.91 Å². The van der Waals surface area contributed by atoms with Crippen LogP contribution < -0.4 is 5.32 Å². The number of aryl methyl sites for hydroxylation is 1. The zero-order chi connectivity index (χ0) is 16.5. The summed E-state index contributed by atoms with van der Waals surface area (Å²) in [5.41, 5.74) is 4.29. The largest absolute Gasteiger partial charge is 0.456 e. The lowest BCUT2D eigenvalue weighted by Gasteiger charge is -2.06. The molecule has 0 fully saturated rings. The first-order valence-electron chi connectivity index (χ1n) is 8.06. The van der Waals surface area contributed by atoms with Gasteiger partial charge in [-0.05, 0) is 48.4 Å². The molecule has 1 N–H and O–H groups in total. The first kappa shape index (κ1) is 14.5. The quantitative estimate of drug-likeness (QED) is 0.550. The Balaban J connectivity index is 1.67. The Labute approximate surface area is 139 Å². The fourth-order valence-electron chi connectivity index (χ4n) is 2.89. The van der Waals surface area contributed by atoms with Crippen LogP contribution in [0.1, 0.15) is 22.8 Å². The van der Waals surface area contributed by atoms with Crippen molar-refractivity contribution in [2.75, 3.05) is 5.32 Å². The van der Waals surface area contributed by atoms with E-state index in [-0.39, 0.29) is 5.91 Å². The molecule has 0 atom stereocenters. The predicted molar refractivity (Wildman–Crippen MR) is 97.5 cm³/mol. The number of hydrogen-bond acceptors (Lipinski definition) is 2. The molecule has 0 radical (unpaired) electrons. The number of benzene rings is 3. The second kappa shape index (κ2) is 5.85. The highest BCUT2D eigenvalue weighted by atomic mass is 16.3. The average molecular weight is 315 g/mol. The first-order chi connectivity index (χ1) is 11.7. The number of rotatable bonds is 3. The van der Waals surface area contributed by atoms with E-state index in [1.54, 1.807) is 6.07 Å². The second-order valence-corrected chi connectivity index (χ2v) is 5.81. The summed E-state index contributed by atoms with van der Waals surface area (Å²) in [4.78, 5) is 12.5. The minimum atomic E-state index is -0.119. The Morgan fingerprint density at radius 1 is 0.917 bits per heavy atom. The van der Waals surface area contributed by atoms with Gasteiger partial charge in [0.05, 0.1) is 0 Å². The van der Waals surface area contributed by atoms with E-state index in [9.17, 15) is 4.79 Å². The Morgan fingerprint density at radius 2 is 1.67 bits per heavy atom. The third-order valence-electron chi connectivity index (χ3n) is 4.26. The molecule has 0 spiro atoms. The maximum Gasteiger partial charge on any atom is 0.255 e. The van der Waals surface area contributed by atoms with E-state index in [1.807, 2.05) is 60.7 Å². The summed E-state index contributed by atoms with van der Waals surface area (Å²) < 4.78 is 5.80. The molecule has 24 heavy (non-hydrogen) atoms. The van der Waals surface area contributed by atoms with Gasteiger partial charge in [-0.15, -0.1) is 0 Å². The van der Waals surface area contributed by atoms with Gasteiger partial charge in [0.15, 0.2) is 0 Å². The molecule has 3 aromatic carbocycles. The fourth-order valence-corrected chi connectivity index (χ4v) is 2.89. The van der Waals surface area contributed by atoms with Crippen molar-refractivity contribution in [3.8, 4) is 0 Å². The number of hydrogen-bond donors (Lipinski definition) is 1. The molecule has 1 amide bonds. The van der Waals surface area contributed by atoms with Crippen molar-refractivity contribution in [2.45, 2.75) is 13.3 Å². The van der Waals surface area contributed by atoms with Crippen LogP contribution in [0, 0.1) is 0 Å². The van der Waals surface area contributed by atoms with Crippen molar-refractivity contribution in [3.05, 3.63) is 77.9 Å². The summed E-state index contributed by atoms with van der Waals surface area (Å²) in [7, 11) is 0. The maximum absolute atomic E-state index is 12.5.